The third-order valence-corrected chi connectivity index (χ3v) is 5.67. The van der Waals surface area contributed by atoms with E-state index in [4.69, 9.17) is 4.42 Å². The first-order valence-electron chi connectivity index (χ1n) is 9.62. The van der Waals surface area contributed by atoms with Gasteiger partial charge in [-0.2, -0.15) is 0 Å². The van der Waals surface area contributed by atoms with Crippen LogP contribution in [0, 0.1) is 0 Å². The number of furan rings is 1. The lowest BCUT2D eigenvalue weighted by molar-refractivity contribution is 0.0930. The summed E-state index contributed by atoms with van der Waals surface area (Å²) in [5, 5.41) is 10.2. The number of anilines is 1. The minimum absolute atomic E-state index is 0.0719. The molecule has 0 unspecified atom stereocenters. The first kappa shape index (κ1) is 17.0. The Kier molecular flexibility index (Phi) is 4.13. The Morgan fingerprint density at radius 1 is 0.964 bits per heavy atom. The van der Waals surface area contributed by atoms with Gasteiger partial charge >= 0.3 is 0 Å². The van der Waals surface area contributed by atoms with Crippen molar-refractivity contribution in [1.29, 1.82) is 0 Å². The molecule has 3 N–H and O–H groups in total. The minimum atomic E-state index is -0.235. The number of nitrogens with one attached hydrogen (secondary N) is 3. The second-order valence-electron chi connectivity index (χ2n) is 7.55. The van der Waals surface area contributed by atoms with E-state index < -0.39 is 0 Å². The molecule has 6 nitrogen and oxygen atoms in total. The number of amides is 2. The molecule has 2 amide bonds. The predicted octanol–water partition coefficient (Wildman–Crippen LogP) is 3.31. The molecule has 3 aromatic rings. The van der Waals surface area contributed by atoms with Crippen molar-refractivity contribution < 1.29 is 14.0 Å². The van der Waals surface area contributed by atoms with Crippen LogP contribution in [0.5, 0.6) is 0 Å². The number of rotatable bonds is 4. The molecule has 5 rings (SSSR count). The zero-order chi connectivity index (χ0) is 19.1. The summed E-state index contributed by atoms with van der Waals surface area (Å²) >= 11 is 0. The fourth-order valence-corrected chi connectivity index (χ4v) is 4.26. The van der Waals surface area contributed by atoms with Crippen molar-refractivity contribution in [2.24, 2.45) is 0 Å². The van der Waals surface area contributed by atoms with Crippen LogP contribution in [0.3, 0.4) is 0 Å². The van der Waals surface area contributed by atoms with Gasteiger partial charge in [0.25, 0.3) is 11.8 Å². The highest BCUT2D eigenvalue weighted by molar-refractivity contribution is 6.05. The topological polar surface area (TPSA) is 83.4 Å². The van der Waals surface area contributed by atoms with Crippen LogP contribution in [0.1, 0.15) is 40.0 Å². The number of hydrogen-bond donors (Lipinski definition) is 3. The fraction of sp³-hybridized carbons (Fsp3) is 0.273. The van der Waals surface area contributed by atoms with Gasteiger partial charge in [0.1, 0.15) is 5.58 Å². The Morgan fingerprint density at radius 3 is 2.57 bits per heavy atom. The predicted molar refractivity (Wildman–Crippen MR) is 106 cm³/mol. The van der Waals surface area contributed by atoms with E-state index in [1.54, 1.807) is 36.4 Å². The van der Waals surface area contributed by atoms with Crippen molar-refractivity contribution in [3.63, 3.8) is 0 Å². The zero-order valence-electron chi connectivity index (χ0n) is 15.3. The maximum Gasteiger partial charge on any atom is 0.257 e. The standard InChI is InChI=1S/C22H21N3O3/c26-21(13-4-2-1-3-5-13)25-20-11-15-10-14(6-9-19(15)28-20)22(27)24-18-12-16-7-8-17(18)23-16/h1-6,9-11,16-18,23H,7-8,12H2,(H,24,27)(H,25,26)/t16-,17+,18-/m1/s1. The number of benzene rings is 2. The third kappa shape index (κ3) is 3.16. The lowest BCUT2D eigenvalue weighted by Gasteiger charge is -2.21. The number of fused-ring (bicyclic) bond motifs is 3. The number of carbonyl (C=O) groups excluding carboxylic acids is 2. The van der Waals surface area contributed by atoms with Crippen LogP contribution < -0.4 is 16.0 Å². The Balaban J connectivity index is 1.31. The van der Waals surface area contributed by atoms with Crippen LogP contribution in [0.2, 0.25) is 0 Å². The minimum Gasteiger partial charge on any atom is -0.440 e. The summed E-state index contributed by atoms with van der Waals surface area (Å²) in [4.78, 5) is 24.9. The van der Waals surface area contributed by atoms with Gasteiger partial charge in [-0.1, -0.05) is 18.2 Å². The zero-order valence-corrected chi connectivity index (χ0v) is 15.3. The summed E-state index contributed by atoms with van der Waals surface area (Å²) < 4.78 is 5.69. The molecule has 1 aromatic heterocycles. The Hall–Kier alpha value is -3.12. The van der Waals surface area contributed by atoms with E-state index in [1.807, 2.05) is 18.2 Å². The fourth-order valence-electron chi connectivity index (χ4n) is 4.26. The Morgan fingerprint density at radius 2 is 1.82 bits per heavy atom. The molecule has 2 bridgehead atoms. The maximum atomic E-state index is 12.7. The van der Waals surface area contributed by atoms with Gasteiger partial charge in [-0.25, -0.2) is 0 Å². The average molecular weight is 375 g/mol. The molecule has 0 spiro atoms. The van der Waals surface area contributed by atoms with Crippen LogP contribution >= 0.6 is 0 Å². The summed E-state index contributed by atoms with van der Waals surface area (Å²) in [5.41, 5.74) is 1.78. The van der Waals surface area contributed by atoms with E-state index in [0.29, 0.717) is 34.7 Å². The van der Waals surface area contributed by atoms with E-state index in [0.717, 1.165) is 18.2 Å². The Bertz CT molecular complexity index is 1040. The molecule has 28 heavy (non-hydrogen) atoms. The van der Waals surface area contributed by atoms with Crippen molar-refractivity contribution in [2.45, 2.75) is 37.4 Å². The van der Waals surface area contributed by atoms with Crippen LogP contribution in [-0.2, 0) is 0 Å². The van der Waals surface area contributed by atoms with Gasteiger partial charge in [0.15, 0.2) is 0 Å². The van der Waals surface area contributed by atoms with E-state index in [-0.39, 0.29) is 17.9 Å². The summed E-state index contributed by atoms with van der Waals surface area (Å²) in [5.74, 6) is 0.0532. The van der Waals surface area contributed by atoms with Crippen LogP contribution in [0.15, 0.2) is 59.0 Å². The van der Waals surface area contributed by atoms with Gasteiger partial charge in [-0.3, -0.25) is 14.9 Å². The first-order chi connectivity index (χ1) is 13.7. The Labute approximate surface area is 162 Å². The van der Waals surface area contributed by atoms with Gasteiger partial charge < -0.3 is 15.1 Å². The van der Waals surface area contributed by atoms with E-state index in [9.17, 15) is 9.59 Å². The molecule has 0 saturated carbocycles. The SMILES string of the molecule is O=C(Nc1cc2cc(C(=O)N[C@@H]3C[C@H]4CC[C@@H]3N4)ccc2o1)c1ccccc1. The highest BCUT2D eigenvalue weighted by Crippen LogP contribution is 2.29. The van der Waals surface area contributed by atoms with Gasteiger partial charge in [0.05, 0.1) is 0 Å². The molecule has 2 fully saturated rings. The van der Waals surface area contributed by atoms with Gasteiger partial charge in [0, 0.05) is 40.7 Å². The van der Waals surface area contributed by atoms with E-state index in [1.165, 1.54) is 6.42 Å². The molecule has 3 heterocycles. The molecular formula is C22H21N3O3. The van der Waals surface area contributed by atoms with Crippen molar-refractivity contribution in [3.05, 3.63) is 65.7 Å². The molecule has 142 valence electrons. The lowest BCUT2D eigenvalue weighted by Crippen LogP contribution is -2.42. The second kappa shape index (κ2) is 6.80. The second-order valence-corrected chi connectivity index (χ2v) is 7.55. The van der Waals surface area contributed by atoms with Crippen LogP contribution in [0.25, 0.3) is 11.0 Å². The van der Waals surface area contributed by atoms with Gasteiger partial charge in [0.2, 0.25) is 5.88 Å². The van der Waals surface area contributed by atoms with E-state index in [2.05, 4.69) is 16.0 Å². The third-order valence-electron chi connectivity index (χ3n) is 5.67. The summed E-state index contributed by atoms with van der Waals surface area (Å²) in [6.07, 6.45) is 3.33. The van der Waals surface area contributed by atoms with Crippen molar-refractivity contribution in [2.75, 3.05) is 5.32 Å². The van der Waals surface area contributed by atoms with Gasteiger partial charge in [-0.05, 0) is 49.6 Å². The normalized spacial score (nSPS) is 23.1. The van der Waals surface area contributed by atoms with Crippen molar-refractivity contribution in [3.8, 4) is 0 Å². The van der Waals surface area contributed by atoms with Crippen molar-refractivity contribution in [1.82, 2.24) is 10.6 Å². The largest absolute Gasteiger partial charge is 0.440 e. The molecule has 2 aliphatic rings. The van der Waals surface area contributed by atoms with Crippen molar-refractivity contribution >= 4 is 28.7 Å². The molecule has 0 radical (unpaired) electrons. The van der Waals surface area contributed by atoms with Gasteiger partial charge in [-0.15, -0.1) is 0 Å². The molecule has 3 atom stereocenters. The van der Waals surface area contributed by atoms with Crippen LogP contribution in [-0.4, -0.2) is 29.9 Å². The van der Waals surface area contributed by atoms with Crippen LogP contribution in [0.4, 0.5) is 5.88 Å². The lowest BCUT2D eigenvalue weighted by atomic mass is 9.95. The number of hydrogen-bond acceptors (Lipinski definition) is 4. The molecule has 2 aromatic carbocycles. The maximum absolute atomic E-state index is 12.7. The summed E-state index contributed by atoms with van der Waals surface area (Å²) in [6, 6.07) is 17.2. The van der Waals surface area contributed by atoms with E-state index >= 15 is 0 Å². The summed E-state index contributed by atoms with van der Waals surface area (Å²) in [6.45, 7) is 0. The average Bonchev–Trinajstić information content (AvgIpc) is 3.43. The molecule has 2 saturated heterocycles. The molecule has 6 heteroatoms. The molecule has 0 aliphatic carbocycles. The molecular weight excluding hydrogens is 354 g/mol. The first-order valence-corrected chi connectivity index (χ1v) is 9.62. The highest BCUT2D eigenvalue weighted by Gasteiger charge is 2.39. The smallest absolute Gasteiger partial charge is 0.257 e. The molecule has 2 aliphatic heterocycles. The highest BCUT2D eigenvalue weighted by atomic mass is 16.4. The monoisotopic (exact) mass is 375 g/mol. The summed E-state index contributed by atoms with van der Waals surface area (Å²) in [7, 11) is 0. The number of carbonyl (C=O) groups is 2. The quantitative estimate of drug-likeness (QED) is 0.653.